The van der Waals surface area contributed by atoms with Gasteiger partial charge in [-0.15, -0.1) is 11.8 Å². The molecule has 0 aromatic heterocycles. The quantitative estimate of drug-likeness (QED) is 0.508. The monoisotopic (exact) mass is 412 g/mol. The fourth-order valence-corrected chi connectivity index (χ4v) is 3.91. The van der Waals surface area contributed by atoms with Crippen molar-refractivity contribution in [2.75, 3.05) is 24.3 Å². The number of amides is 1. The topological polar surface area (TPSA) is 50.4 Å². The summed E-state index contributed by atoms with van der Waals surface area (Å²) in [6.07, 6.45) is 3.93. The number of rotatable bonds is 8. The third-order valence-corrected chi connectivity index (χ3v) is 6.36. The number of hydrogen-bond donors (Lipinski definition) is 2. The fourth-order valence-electron chi connectivity index (χ4n) is 3.02. The molecule has 5 heteroatoms. The van der Waals surface area contributed by atoms with Crippen LogP contribution in [0.5, 0.6) is 5.75 Å². The molecule has 2 N–H and O–H groups in total. The number of thioether (sulfide) groups is 1. The lowest BCUT2D eigenvalue weighted by atomic mass is 9.85. The second kappa shape index (κ2) is 9.57. The maximum absolute atomic E-state index is 12.6. The van der Waals surface area contributed by atoms with E-state index in [9.17, 15) is 4.79 Å². The molecule has 1 aliphatic carbocycles. The lowest BCUT2D eigenvalue weighted by Gasteiger charge is -2.27. The van der Waals surface area contributed by atoms with Crippen LogP contribution in [0.15, 0.2) is 47.4 Å². The molecule has 1 amide bonds. The van der Waals surface area contributed by atoms with Crippen molar-refractivity contribution in [2.45, 2.75) is 50.7 Å². The average Bonchev–Trinajstić information content (AvgIpc) is 2.66. The van der Waals surface area contributed by atoms with Gasteiger partial charge < -0.3 is 15.4 Å². The van der Waals surface area contributed by atoms with E-state index in [1.165, 1.54) is 24.8 Å². The van der Waals surface area contributed by atoms with Gasteiger partial charge >= 0.3 is 0 Å². The second-order valence-electron chi connectivity index (χ2n) is 8.73. The van der Waals surface area contributed by atoms with Crippen LogP contribution in [-0.2, 0) is 10.5 Å². The van der Waals surface area contributed by atoms with Crippen LogP contribution >= 0.6 is 11.8 Å². The van der Waals surface area contributed by atoms with Crippen LogP contribution in [0.1, 0.15) is 45.6 Å². The molecule has 156 valence electrons. The molecule has 0 bridgehead atoms. The Balaban J connectivity index is 1.70. The van der Waals surface area contributed by atoms with Gasteiger partial charge in [0.2, 0.25) is 5.91 Å². The van der Waals surface area contributed by atoms with Gasteiger partial charge in [-0.3, -0.25) is 4.79 Å². The van der Waals surface area contributed by atoms with Crippen LogP contribution in [0.4, 0.5) is 11.4 Å². The van der Waals surface area contributed by atoms with Crippen molar-refractivity contribution in [1.82, 2.24) is 0 Å². The Morgan fingerprint density at radius 3 is 2.41 bits per heavy atom. The zero-order valence-corrected chi connectivity index (χ0v) is 18.7. The Labute approximate surface area is 178 Å². The summed E-state index contributed by atoms with van der Waals surface area (Å²) >= 11 is 1.76. The van der Waals surface area contributed by atoms with E-state index < -0.39 is 5.41 Å². The van der Waals surface area contributed by atoms with E-state index in [1.54, 1.807) is 18.9 Å². The van der Waals surface area contributed by atoms with Gasteiger partial charge in [0.05, 0.1) is 18.5 Å². The third-order valence-electron chi connectivity index (χ3n) is 5.29. The first-order valence-electron chi connectivity index (χ1n) is 10.3. The fraction of sp³-hybridized carbons (Fsp3) is 0.458. The minimum Gasteiger partial charge on any atom is -0.497 e. The highest BCUT2D eigenvalue weighted by Crippen LogP contribution is 2.33. The van der Waals surface area contributed by atoms with Crippen molar-refractivity contribution in [3.8, 4) is 5.75 Å². The number of nitrogens with one attached hydrogen (secondary N) is 2. The molecule has 1 fully saturated rings. The van der Waals surface area contributed by atoms with E-state index >= 15 is 0 Å². The van der Waals surface area contributed by atoms with Gasteiger partial charge in [0.1, 0.15) is 5.75 Å². The van der Waals surface area contributed by atoms with Gasteiger partial charge in [-0.2, -0.15) is 0 Å². The van der Waals surface area contributed by atoms with E-state index in [0.29, 0.717) is 0 Å². The first kappa shape index (κ1) is 21.6. The maximum Gasteiger partial charge on any atom is 0.229 e. The van der Waals surface area contributed by atoms with E-state index in [4.69, 9.17) is 4.74 Å². The van der Waals surface area contributed by atoms with Gasteiger partial charge in [0.25, 0.3) is 0 Å². The summed E-state index contributed by atoms with van der Waals surface area (Å²) in [4.78, 5) is 13.7. The molecule has 4 nitrogen and oxygen atoms in total. The molecule has 0 aliphatic heterocycles. The van der Waals surface area contributed by atoms with Gasteiger partial charge in [-0.1, -0.05) is 39.3 Å². The van der Waals surface area contributed by atoms with E-state index in [1.807, 2.05) is 32.9 Å². The minimum atomic E-state index is -0.433. The predicted molar refractivity (Wildman–Crippen MR) is 123 cm³/mol. The van der Waals surface area contributed by atoms with E-state index in [0.717, 1.165) is 40.2 Å². The summed E-state index contributed by atoms with van der Waals surface area (Å²) in [6.45, 7) is 6.78. The number of hydrogen-bond acceptors (Lipinski definition) is 4. The molecular formula is C24H32N2O2S. The number of anilines is 2. The molecule has 29 heavy (non-hydrogen) atoms. The molecule has 0 saturated heterocycles. The zero-order chi connectivity index (χ0) is 20.9. The second-order valence-corrected chi connectivity index (χ2v) is 9.77. The highest BCUT2D eigenvalue weighted by molar-refractivity contribution is 7.98. The summed E-state index contributed by atoms with van der Waals surface area (Å²) in [6, 6.07) is 14.4. The molecule has 2 aromatic carbocycles. The average molecular weight is 413 g/mol. The van der Waals surface area contributed by atoms with Gasteiger partial charge in [-0.25, -0.2) is 0 Å². The molecule has 0 radical (unpaired) electrons. The third kappa shape index (κ3) is 6.17. The Bertz CT molecular complexity index is 824. The highest BCUT2D eigenvalue weighted by Gasteiger charge is 2.23. The predicted octanol–water partition coefficient (Wildman–Crippen LogP) is 6.18. The van der Waals surface area contributed by atoms with Gasteiger partial charge in [-0.05, 0) is 54.7 Å². The molecule has 0 atom stereocenters. The standard InChI is InChI=1S/C24H32N2O2S/c1-24(2,3)23(27)26-22-14-20(12-13-21(22)25-15-17-6-5-7-17)29-16-18-8-10-19(28-4)11-9-18/h8-14,17,25H,5-7,15-16H2,1-4H3,(H,26,27). The van der Waals surface area contributed by atoms with Crippen LogP contribution in [-0.4, -0.2) is 19.6 Å². The molecule has 1 saturated carbocycles. The Morgan fingerprint density at radius 2 is 1.83 bits per heavy atom. The largest absolute Gasteiger partial charge is 0.497 e. The van der Waals surface area contributed by atoms with E-state index in [-0.39, 0.29) is 5.91 Å². The normalized spacial score (nSPS) is 14.2. The van der Waals surface area contributed by atoms with Crippen molar-refractivity contribution < 1.29 is 9.53 Å². The van der Waals surface area contributed by atoms with Crippen molar-refractivity contribution in [1.29, 1.82) is 0 Å². The first-order chi connectivity index (χ1) is 13.8. The number of methoxy groups -OCH3 is 1. The molecule has 1 aliphatic rings. The molecular weight excluding hydrogens is 380 g/mol. The molecule has 2 aromatic rings. The Hall–Kier alpha value is -2.14. The molecule has 0 heterocycles. The molecule has 0 spiro atoms. The number of carbonyl (C=O) groups excluding carboxylic acids is 1. The Kier molecular flexibility index (Phi) is 7.12. The van der Waals surface area contributed by atoms with Crippen LogP contribution in [0, 0.1) is 11.3 Å². The van der Waals surface area contributed by atoms with Gasteiger partial charge in [0, 0.05) is 22.6 Å². The van der Waals surface area contributed by atoms with Crippen LogP contribution in [0.2, 0.25) is 0 Å². The first-order valence-corrected chi connectivity index (χ1v) is 11.3. The van der Waals surface area contributed by atoms with Crippen LogP contribution in [0.25, 0.3) is 0 Å². The molecule has 0 unspecified atom stereocenters. The highest BCUT2D eigenvalue weighted by atomic mass is 32.2. The van der Waals surface area contributed by atoms with Crippen LogP contribution < -0.4 is 15.4 Å². The Morgan fingerprint density at radius 1 is 1.10 bits per heavy atom. The lowest BCUT2D eigenvalue weighted by Crippen LogP contribution is -2.28. The number of carbonyl (C=O) groups is 1. The summed E-state index contributed by atoms with van der Waals surface area (Å²) in [5, 5.41) is 6.68. The number of ether oxygens (including phenoxy) is 1. The van der Waals surface area contributed by atoms with Crippen molar-refractivity contribution in [2.24, 2.45) is 11.3 Å². The maximum atomic E-state index is 12.6. The summed E-state index contributed by atoms with van der Waals surface area (Å²) < 4.78 is 5.22. The van der Waals surface area contributed by atoms with Crippen molar-refractivity contribution in [3.05, 3.63) is 48.0 Å². The van der Waals surface area contributed by atoms with Crippen LogP contribution in [0.3, 0.4) is 0 Å². The van der Waals surface area contributed by atoms with Gasteiger partial charge in [0.15, 0.2) is 0 Å². The summed E-state index contributed by atoms with van der Waals surface area (Å²) in [5.74, 6) is 2.52. The van der Waals surface area contributed by atoms with Crippen molar-refractivity contribution >= 4 is 29.0 Å². The van der Waals surface area contributed by atoms with Crippen molar-refractivity contribution in [3.63, 3.8) is 0 Å². The number of benzene rings is 2. The van der Waals surface area contributed by atoms with E-state index in [2.05, 4.69) is 41.0 Å². The summed E-state index contributed by atoms with van der Waals surface area (Å²) in [7, 11) is 1.68. The zero-order valence-electron chi connectivity index (χ0n) is 17.9. The summed E-state index contributed by atoms with van der Waals surface area (Å²) in [5.41, 5.74) is 2.67. The lowest BCUT2D eigenvalue weighted by molar-refractivity contribution is -0.123. The SMILES string of the molecule is COc1ccc(CSc2ccc(NCC3CCC3)c(NC(=O)C(C)(C)C)c2)cc1. The molecule has 3 rings (SSSR count). The smallest absolute Gasteiger partial charge is 0.229 e. The minimum absolute atomic E-state index is 0.0292.